The molecule has 0 aromatic heterocycles. The van der Waals surface area contributed by atoms with Crippen LogP contribution in [0.25, 0.3) is 0 Å². The molecule has 5 nitrogen and oxygen atoms in total. The quantitative estimate of drug-likeness (QED) is 0.673. The Kier molecular flexibility index (Phi) is 5.93. The highest BCUT2D eigenvalue weighted by Gasteiger charge is 2.56. The van der Waals surface area contributed by atoms with E-state index in [1.807, 2.05) is 0 Å². The minimum Gasteiger partial charge on any atom is -0.481 e. The molecule has 7 heteroatoms. The Morgan fingerprint density at radius 3 is 1.96 bits per heavy atom. The monoisotopic (exact) mass is 401 g/mol. The number of aliphatic carboxylic acids is 1. The van der Waals surface area contributed by atoms with Crippen LogP contribution in [0, 0.1) is 16.7 Å². The van der Waals surface area contributed by atoms with E-state index in [0.29, 0.717) is 24.0 Å². The lowest BCUT2D eigenvalue weighted by molar-refractivity contribution is -0.163. The Morgan fingerprint density at radius 2 is 1.62 bits per heavy atom. The number of rotatable bonds is 6. The van der Waals surface area contributed by atoms with Gasteiger partial charge in [0.15, 0.2) is 0 Å². The van der Waals surface area contributed by atoms with Gasteiger partial charge in [-0.2, -0.15) is 0 Å². The van der Waals surface area contributed by atoms with Crippen molar-refractivity contribution < 1.29 is 19.5 Å². The first-order chi connectivity index (χ1) is 12.0. The molecule has 1 N–H and O–H groups in total. The van der Waals surface area contributed by atoms with Gasteiger partial charge in [0.1, 0.15) is 4.49 Å². The zero-order valence-electron chi connectivity index (χ0n) is 15.6. The number of halogens is 2. The second-order valence-corrected chi connectivity index (χ2v) is 8.96. The summed E-state index contributed by atoms with van der Waals surface area (Å²) in [6.07, 6.45) is 4.37. The van der Waals surface area contributed by atoms with Crippen molar-refractivity contribution in [2.75, 3.05) is 6.54 Å². The second-order valence-electron chi connectivity index (χ2n) is 7.95. The SMILES string of the molecule is CC(C)C(CN1C(=O)C2=C(CCCC2)C1=O)(C(=O)O)C(C)(C)C=C(Cl)Cl. The Hall–Kier alpha value is -1.33. The molecule has 0 aromatic carbocycles. The molecule has 1 aliphatic carbocycles. The molecule has 2 rings (SSSR count). The zero-order chi connectivity index (χ0) is 19.9. The zero-order valence-corrected chi connectivity index (χ0v) is 17.1. The smallest absolute Gasteiger partial charge is 0.312 e. The molecule has 0 fully saturated rings. The van der Waals surface area contributed by atoms with Gasteiger partial charge in [0.2, 0.25) is 0 Å². The van der Waals surface area contributed by atoms with Crippen molar-refractivity contribution in [3.05, 3.63) is 21.7 Å². The van der Waals surface area contributed by atoms with E-state index >= 15 is 0 Å². The van der Waals surface area contributed by atoms with Crippen molar-refractivity contribution in [2.24, 2.45) is 16.7 Å². The molecule has 1 unspecified atom stereocenters. The number of carbonyl (C=O) groups is 3. The molecular weight excluding hydrogens is 377 g/mol. The lowest BCUT2D eigenvalue weighted by Gasteiger charge is -2.46. The average molecular weight is 402 g/mol. The Bertz CT molecular complexity index is 676. The van der Waals surface area contributed by atoms with E-state index in [2.05, 4.69) is 0 Å². The summed E-state index contributed by atoms with van der Waals surface area (Å²) in [5, 5.41) is 10.2. The highest BCUT2D eigenvalue weighted by Crippen LogP contribution is 2.49. The molecule has 1 aliphatic heterocycles. The number of imide groups is 1. The molecule has 26 heavy (non-hydrogen) atoms. The van der Waals surface area contributed by atoms with Gasteiger partial charge in [-0.3, -0.25) is 19.3 Å². The summed E-state index contributed by atoms with van der Waals surface area (Å²) in [6, 6.07) is 0. The molecule has 0 saturated heterocycles. The van der Waals surface area contributed by atoms with Crippen LogP contribution in [0.3, 0.4) is 0 Å². The van der Waals surface area contributed by atoms with Crippen LogP contribution in [0.2, 0.25) is 0 Å². The fourth-order valence-corrected chi connectivity index (χ4v) is 4.86. The van der Waals surface area contributed by atoms with Crippen LogP contribution in [0.1, 0.15) is 53.4 Å². The van der Waals surface area contributed by atoms with Gasteiger partial charge in [-0.25, -0.2) is 0 Å². The van der Waals surface area contributed by atoms with Crippen molar-refractivity contribution in [3.63, 3.8) is 0 Å². The number of hydrogen-bond acceptors (Lipinski definition) is 3. The van der Waals surface area contributed by atoms with E-state index in [1.54, 1.807) is 27.7 Å². The predicted octanol–water partition coefficient (Wildman–Crippen LogP) is 4.30. The van der Waals surface area contributed by atoms with Crippen LogP contribution in [-0.4, -0.2) is 34.3 Å². The van der Waals surface area contributed by atoms with E-state index in [4.69, 9.17) is 23.2 Å². The molecule has 0 saturated carbocycles. The Labute approximate surface area is 164 Å². The Morgan fingerprint density at radius 1 is 1.15 bits per heavy atom. The molecule has 0 bridgehead atoms. The fraction of sp³-hybridized carbons (Fsp3) is 0.632. The van der Waals surface area contributed by atoms with Gasteiger partial charge < -0.3 is 5.11 Å². The molecule has 1 heterocycles. The van der Waals surface area contributed by atoms with Crippen LogP contribution < -0.4 is 0 Å². The van der Waals surface area contributed by atoms with Gasteiger partial charge >= 0.3 is 5.97 Å². The lowest BCUT2D eigenvalue weighted by Crippen LogP contribution is -2.56. The summed E-state index contributed by atoms with van der Waals surface area (Å²) in [4.78, 5) is 39.2. The maximum Gasteiger partial charge on any atom is 0.312 e. The topological polar surface area (TPSA) is 74.7 Å². The third kappa shape index (κ3) is 3.31. The first-order valence-electron chi connectivity index (χ1n) is 8.81. The minimum absolute atomic E-state index is 0.0437. The van der Waals surface area contributed by atoms with Crippen molar-refractivity contribution in [3.8, 4) is 0 Å². The summed E-state index contributed by atoms with van der Waals surface area (Å²) in [5.74, 6) is -2.17. The number of amides is 2. The number of nitrogens with zero attached hydrogens (tertiary/aromatic N) is 1. The van der Waals surface area contributed by atoms with Crippen molar-refractivity contribution in [2.45, 2.75) is 53.4 Å². The highest BCUT2D eigenvalue weighted by molar-refractivity contribution is 6.55. The van der Waals surface area contributed by atoms with E-state index in [-0.39, 0.29) is 28.8 Å². The molecule has 2 aliphatic rings. The van der Waals surface area contributed by atoms with Crippen LogP contribution in [0.4, 0.5) is 0 Å². The maximum absolute atomic E-state index is 12.8. The van der Waals surface area contributed by atoms with Crippen LogP contribution in [0.15, 0.2) is 21.7 Å². The first kappa shape index (κ1) is 21.0. The molecule has 0 aromatic rings. The van der Waals surface area contributed by atoms with Gasteiger partial charge in [0, 0.05) is 23.1 Å². The molecule has 144 valence electrons. The normalized spacial score (nSPS) is 20.3. The van der Waals surface area contributed by atoms with Gasteiger partial charge in [-0.15, -0.1) is 0 Å². The van der Waals surface area contributed by atoms with E-state index in [0.717, 1.165) is 17.7 Å². The van der Waals surface area contributed by atoms with Crippen molar-refractivity contribution in [1.29, 1.82) is 0 Å². The fourth-order valence-electron chi connectivity index (χ4n) is 4.31. The number of carbonyl (C=O) groups excluding carboxylic acids is 2. The first-order valence-corrected chi connectivity index (χ1v) is 9.56. The van der Waals surface area contributed by atoms with E-state index in [9.17, 15) is 19.5 Å². The van der Waals surface area contributed by atoms with Crippen LogP contribution in [-0.2, 0) is 14.4 Å². The summed E-state index contributed by atoms with van der Waals surface area (Å²) >= 11 is 11.7. The maximum atomic E-state index is 12.8. The lowest BCUT2D eigenvalue weighted by atomic mass is 9.59. The minimum atomic E-state index is -1.43. The number of allylic oxidation sites excluding steroid dienone is 1. The van der Waals surface area contributed by atoms with Crippen molar-refractivity contribution >= 4 is 41.0 Å². The molecular formula is C19H25Cl2NO4. The summed E-state index contributed by atoms with van der Waals surface area (Å²) in [6.45, 7) is 6.75. The molecule has 0 radical (unpaired) electrons. The average Bonchev–Trinajstić information content (AvgIpc) is 2.75. The standard InChI is InChI=1S/C19H25Cl2NO4/c1-11(2)19(17(25)26,18(3,4)9-14(20)21)10-22-15(23)12-7-5-6-8-13(12)16(22)24/h9,11H,5-8,10H2,1-4H3,(H,25,26). The molecule has 1 atom stereocenters. The van der Waals surface area contributed by atoms with Gasteiger partial charge in [0.05, 0.1) is 5.41 Å². The summed E-state index contributed by atoms with van der Waals surface area (Å²) < 4.78 is -0.0437. The molecule has 2 amide bonds. The Balaban J connectivity index is 2.50. The van der Waals surface area contributed by atoms with Crippen LogP contribution >= 0.6 is 23.2 Å². The third-order valence-electron chi connectivity index (χ3n) is 5.87. The number of carboxylic acids is 1. The summed E-state index contributed by atoms with van der Waals surface area (Å²) in [7, 11) is 0. The predicted molar refractivity (Wildman–Crippen MR) is 101 cm³/mol. The van der Waals surface area contributed by atoms with E-state index in [1.165, 1.54) is 6.08 Å². The van der Waals surface area contributed by atoms with Crippen molar-refractivity contribution in [1.82, 2.24) is 4.90 Å². The number of carboxylic acid groups (broad SMARTS) is 1. The third-order valence-corrected chi connectivity index (χ3v) is 6.09. The summed E-state index contributed by atoms with van der Waals surface area (Å²) in [5.41, 5.74) is -1.32. The van der Waals surface area contributed by atoms with E-state index < -0.39 is 16.8 Å². The largest absolute Gasteiger partial charge is 0.481 e. The molecule has 0 spiro atoms. The highest BCUT2D eigenvalue weighted by atomic mass is 35.5. The number of hydrogen-bond donors (Lipinski definition) is 1. The van der Waals surface area contributed by atoms with Gasteiger partial charge in [0.25, 0.3) is 11.8 Å². The van der Waals surface area contributed by atoms with Gasteiger partial charge in [-0.1, -0.05) is 50.9 Å². The van der Waals surface area contributed by atoms with Crippen LogP contribution in [0.5, 0.6) is 0 Å². The van der Waals surface area contributed by atoms with Gasteiger partial charge in [-0.05, 0) is 37.7 Å². The second kappa shape index (κ2) is 7.35.